The summed E-state index contributed by atoms with van der Waals surface area (Å²) in [5.41, 5.74) is 3.13. The van der Waals surface area contributed by atoms with Crippen molar-refractivity contribution >= 4 is 10.9 Å². The second kappa shape index (κ2) is 4.99. The third kappa shape index (κ3) is 2.30. The number of rotatable bonds is 3. The van der Waals surface area contributed by atoms with Crippen LogP contribution in [0.2, 0.25) is 0 Å². The van der Waals surface area contributed by atoms with E-state index in [4.69, 9.17) is 6.42 Å². The van der Waals surface area contributed by atoms with Gasteiger partial charge in [-0.15, -0.1) is 6.42 Å². The third-order valence-electron chi connectivity index (χ3n) is 2.81. The van der Waals surface area contributed by atoms with Crippen LogP contribution in [-0.2, 0) is 0 Å². The molecule has 1 atom stereocenters. The number of hydrogen-bond donors (Lipinski definition) is 1. The van der Waals surface area contributed by atoms with E-state index in [2.05, 4.69) is 35.3 Å². The van der Waals surface area contributed by atoms with Crippen molar-refractivity contribution < 1.29 is 0 Å². The average molecular weight is 224 g/mol. The average Bonchev–Trinajstić information content (AvgIpc) is 2.36. The van der Waals surface area contributed by atoms with Crippen LogP contribution in [0.5, 0.6) is 0 Å². The molecule has 0 amide bonds. The summed E-state index contributed by atoms with van der Waals surface area (Å²) >= 11 is 0. The Labute approximate surface area is 102 Å². The van der Waals surface area contributed by atoms with Crippen LogP contribution in [0.3, 0.4) is 0 Å². The van der Waals surface area contributed by atoms with Gasteiger partial charge >= 0.3 is 0 Å². The second-order valence-corrected chi connectivity index (χ2v) is 4.04. The summed E-state index contributed by atoms with van der Waals surface area (Å²) < 4.78 is 0. The molecular formula is C15H16N2. The maximum absolute atomic E-state index is 5.53. The fourth-order valence-electron chi connectivity index (χ4n) is 1.98. The van der Waals surface area contributed by atoms with Crippen LogP contribution in [0.25, 0.3) is 10.9 Å². The first kappa shape index (κ1) is 11.6. The van der Waals surface area contributed by atoms with E-state index in [0.29, 0.717) is 0 Å². The molecule has 2 rings (SSSR count). The molecule has 0 spiro atoms. The molecule has 0 aliphatic carbocycles. The fraction of sp³-hybridized carbons (Fsp3) is 0.267. The van der Waals surface area contributed by atoms with Crippen molar-refractivity contribution in [2.24, 2.45) is 0 Å². The summed E-state index contributed by atoms with van der Waals surface area (Å²) in [4.78, 5) is 4.62. The molecule has 0 fully saturated rings. The van der Waals surface area contributed by atoms with Crippen molar-refractivity contribution in [3.05, 3.63) is 41.6 Å². The van der Waals surface area contributed by atoms with Gasteiger partial charge < -0.3 is 0 Å². The summed E-state index contributed by atoms with van der Waals surface area (Å²) in [5, 5.41) is 4.43. The molecule has 0 bridgehead atoms. The predicted octanol–water partition coefficient (Wildman–Crippen LogP) is 2.83. The van der Waals surface area contributed by atoms with Gasteiger partial charge in [-0.2, -0.15) is 0 Å². The zero-order chi connectivity index (χ0) is 12.3. The molecule has 0 radical (unpaired) electrons. The Kier molecular flexibility index (Phi) is 3.41. The summed E-state index contributed by atoms with van der Waals surface area (Å²) in [6.07, 6.45) is 5.53. The van der Waals surface area contributed by atoms with Gasteiger partial charge in [0.25, 0.3) is 0 Å². The van der Waals surface area contributed by atoms with Crippen LogP contribution in [0.1, 0.15) is 24.2 Å². The van der Waals surface area contributed by atoms with Gasteiger partial charge in [0.15, 0.2) is 0 Å². The summed E-state index contributed by atoms with van der Waals surface area (Å²) in [5.74, 6) is 2.74. The highest BCUT2D eigenvalue weighted by molar-refractivity contribution is 5.82. The number of aryl methyl sites for hydroxylation is 1. The molecule has 2 heteroatoms. The van der Waals surface area contributed by atoms with E-state index in [-0.39, 0.29) is 6.04 Å². The van der Waals surface area contributed by atoms with Gasteiger partial charge in [0.05, 0.1) is 11.2 Å². The Balaban J connectivity index is 2.53. The van der Waals surface area contributed by atoms with E-state index in [1.165, 1.54) is 10.9 Å². The number of hydrogen-bond acceptors (Lipinski definition) is 2. The van der Waals surface area contributed by atoms with Crippen molar-refractivity contribution in [1.29, 1.82) is 0 Å². The number of aromatic nitrogens is 1. The van der Waals surface area contributed by atoms with Crippen molar-refractivity contribution in [2.75, 3.05) is 6.54 Å². The molecule has 0 aliphatic rings. The highest BCUT2D eigenvalue weighted by Crippen LogP contribution is 2.20. The van der Waals surface area contributed by atoms with Gasteiger partial charge in [-0.3, -0.25) is 10.3 Å². The Morgan fingerprint density at radius 2 is 2.18 bits per heavy atom. The maximum Gasteiger partial charge on any atom is 0.111 e. The molecule has 1 aromatic carbocycles. The van der Waals surface area contributed by atoms with Gasteiger partial charge in [0.2, 0.25) is 0 Å². The number of pyridine rings is 1. The molecule has 1 N–H and O–H groups in total. The molecule has 0 saturated heterocycles. The number of fused-ring (bicyclic) bond motifs is 1. The van der Waals surface area contributed by atoms with Gasteiger partial charge in [-0.25, -0.2) is 0 Å². The molecule has 17 heavy (non-hydrogen) atoms. The first-order valence-electron chi connectivity index (χ1n) is 5.82. The summed E-state index contributed by atoms with van der Waals surface area (Å²) in [6, 6.07) is 10.1. The van der Waals surface area contributed by atoms with Crippen molar-refractivity contribution in [2.45, 2.75) is 19.9 Å². The van der Waals surface area contributed by atoms with Crippen molar-refractivity contribution in [3.8, 4) is 12.3 Å². The zero-order valence-corrected chi connectivity index (χ0v) is 10.2. The van der Waals surface area contributed by atoms with Crippen LogP contribution in [0, 0.1) is 19.3 Å². The minimum Gasteiger partial charge on any atom is -0.299 e. The molecule has 2 nitrogen and oxygen atoms in total. The lowest BCUT2D eigenvalue weighted by atomic mass is 10.1. The topological polar surface area (TPSA) is 24.9 Å². The van der Waals surface area contributed by atoms with E-state index < -0.39 is 0 Å². The van der Waals surface area contributed by atoms with Gasteiger partial charge in [0.1, 0.15) is 6.04 Å². The Morgan fingerprint density at radius 1 is 1.41 bits per heavy atom. The molecule has 1 aromatic heterocycles. The molecule has 2 aromatic rings. The minimum atomic E-state index is -0.108. The van der Waals surface area contributed by atoms with Crippen LogP contribution >= 0.6 is 0 Å². The highest BCUT2D eigenvalue weighted by Gasteiger charge is 2.10. The fourth-order valence-corrected chi connectivity index (χ4v) is 1.98. The predicted molar refractivity (Wildman–Crippen MR) is 71.7 cm³/mol. The third-order valence-corrected chi connectivity index (χ3v) is 2.81. The normalized spacial score (nSPS) is 12.3. The lowest BCUT2D eigenvalue weighted by molar-refractivity contribution is 0.651. The van der Waals surface area contributed by atoms with E-state index >= 15 is 0 Å². The Bertz CT molecular complexity index is 567. The minimum absolute atomic E-state index is 0.108. The highest BCUT2D eigenvalue weighted by atomic mass is 14.9. The number of nitrogens with zero attached hydrogens (tertiary/aromatic N) is 1. The number of nitrogens with one attached hydrogen (secondary N) is 1. The molecule has 86 valence electrons. The lowest BCUT2D eigenvalue weighted by Crippen LogP contribution is -2.20. The van der Waals surface area contributed by atoms with Crippen LogP contribution in [0.4, 0.5) is 0 Å². The van der Waals surface area contributed by atoms with E-state index in [1.807, 2.05) is 25.1 Å². The van der Waals surface area contributed by atoms with Gasteiger partial charge in [-0.1, -0.05) is 31.0 Å². The molecule has 1 heterocycles. The van der Waals surface area contributed by atoms with Crippen molar-refractivity contribution in [1.82, 2.24) is 10.3 Å². The molecule has 0 saturated carbocycles. The van der Waals surface area contributed by atoms with Crippen LogP contribution < -0.4 is 5.32 Å². The first-order valence-corrected chi connectivity index (χ1v) is 5.82. The summed E-state index contributed by atoms with van der Waals surface area (Å²) in [6.45, 7) is 4.97. The van der Waals surface area contributed by atoms with E-state index in [9.17, 15) is 0 Å². The Hall–Kier alpha value is -1.85. The molecule has 1 unspecified atom stereocenters. The second-order valence-electron chi connectivity index (χ2n) is 4.04. The van der Waals surface area contributed by atoms with Crippen molar-refractivity contribution in [3.63, 3.8) is 0 Å². The van der Waals surface area contributed by atoms with E-state index in [1.54, 1.807) is 0 Å². The van der Waals surface area contributed by atoms with Gasteiger partial charge in [0, 0.05) is 5.39 Å². The maximum atomic E-state index is 5.53. The van der Waals surface area contributed by atoms with Crippen LogP contribution in [0.15, 0.2) is 30.3 Å². The molecule has 0 aliphatic heterocycles. The largest absolute Gasteiger partial charge is 0.299 e. The number of para-hydroxylation sites is 1. The monoisotopic (exact) mass is 224 g/mol. The first-order chi connectivity index (χ1) is 8.26. The number of terminal acetylenes is 1. The molecular weight excluding hydrogens is 208 g/mol. The quantitative estimate of drug-likeness (QED) is 0.811. The summed E-state index contributed by atoms with van der Waals surface area (Å²) in [7, 11) is 0. The number of benzene rings is 1. The van der Waals surface area contributed by atoms with Gasteiger partial charge in [-0.05, 0) is 31.2 Å². The smallest absolute Gasteiger partial charge is 0.111 e. The SMILES string of the molecule is C#CC(NCC)c1cc(C)c2ccccc2n1. The lowest BCUT2D eigenvalue weighted by Gasteiger charge is -2.13. The zero-order valence-electron chi connectivity index (χ0n) is 10.2. The Morgan fingerprint density at radius 3 is 2.88 bits per heavy atom. The standard InChI is InChI=1S/C15H16N2/c1-4-13(16-5-2)15-10-11(3)12-8-6-7-9-14(12)17-15/h1,6-10,13,16H,5H2,2-3H3. The van der Waals surface area contributed by atoms with Crippen LogP contribution in [-0.4, -0.2) is 11.5 Å². The van der Waals surface area contributed by atoms with E-state index in [0.717, 1.165) is 17.8 Å².